The number of nitrogens with zero attached hydrogens (tertiary/aromatic N) is 2. The molecule has 1 aliphatic heterocycles. The largest absolute Gasteiger partial charge is 0.383 e. The number of aromatic amines is 1. The molecule has 2 rings (SSSR count). The molecule has 1 aromatic rings. The van der Waals surface area contributed by atoms with Gasteiger partial charge in [-0.2, -0.15) is 5.10 Å². The molecule has 25 heavy (non-hydrogen) atoms. The summed E-state index contributed by atoms with van der Waals surface area (Å²) in [4.78, 5) is 26.9. The maximum Gasteiger partial charge on any atom is 0.272 e. The van der Waals surface area contributed by atoms with Crippen LogP contribution < -0.4 is 10.6 Å². The van der Waals surface area contributed by atoms with Gasteiger partial charge in [0.1, 0.15) is 0 Å². The predicted octanol–water partition coefficient (Wildman–Crippen LogP) is 0.236. The van der Waals surface area contributed by atoms with Crippen LogP contribution in [0.2, 0.25) is 0 Å². The van der Waals surface area contributed by atoms with Crippen LogP contribution in [0.4, 0.5) is 0 Å². The van der Waals surface area contributed by atoms with E-state index in [1.165, 1.54) is 0 Å². The first-order chi connectivity index (χ1) is 12.0. The van der Waals surface area contributed by atoms with E-state index in [9.17, 15) is 9.59 Å². The Bertz CT molecular complexity index is 601. The minimum atomic E-state index is -0.244. The number of likely N-dealkylation sites (tertiary alicyclic amines) is 1. The Labute approximate surface area is 148 Å². The fourth-order valence-electron chi connectivity index (χ4n) is 3.28. The first-order valence-electron chi connectivity index (χ1n) is 8.87. The molecule has 140 valence electrons. The van der Waals surface area contributed by atoms with Gasteiger partial charge in [-0.25, -0.2) is 0 Å². The molecule has 1 fully saturated rings. The van der Waals surface area contributed by atoms with Crippen LogP contribution in [-0.2, 0) is 16.0 Å². The van der Waals surface area contributed by atoms with Gasteiger partial charge in [-0.3, -0.25) is 19.6 Å². The zero-order chi connectivity index (χ0) is 18.4. The Morgan fingerprint density at radius 3 is 2.76 bits per heavy atom. The summed E-state index contributed by atoms with van der Waals surface area (Å²) in [5, 5.41) is 12.9. The molecule has 0 radical (unpaired) electrons. The highest BCUT2D eigenvalue weighted by Crippen LogP contribution is 2.19. The Hall–Kier alpha value is -1.93. The van der Waals surface area contributed by atoms with E-state index in [-0.39, 0.29) is 23.9 Å². The zero-order valence-corrected chi connectivity index (χ0v) is 15.5. The summed E-state index contributed by atoms with van der Waals surface area (Å²) in [6.07, 6.45) is 1.39. The number of rotatable bonds is 8. The lowest BCUT2D eigenvalue weighted by Gasteiger charge is -2.22. The van der Waals surface area contributed by atoms with E-state index in [2.05, 4.69) is 25.7 Å². The molecule has 0 bridgehead atoms. The lowest BCUT2D eigenvalue weighted by atomic mass is 10.1. The van der Waals surface area contributed by atoms with Gasteiger partial charge in [-0.15, -0.1) is 0 Å². The van der Waals surface area contributed by atoms with Crippen molar-refractivity contribution < 1.29 is 14.3 Å². The molecule has 1 aliphatic rings. The molecular weight excluding hydrogens is 322 g/mol. The Balaban J connectivity index is 2.02. The molecule has 2 heterocycles. The van der Waals surface area contributed by atoms with Gasteiger partial charge >= 0.3 is 0 Å². The molecule has 0 unspecified atom stereocenters. The van der Waals surface area contributed by atoms with Crippen molar-refractivity contribution in [2.24, 2.45) is 0 Å². The quantitative estimate of drug-likeness (QED) is 0.623. The van der Waals surface area contributed by atoms with Crippen molar-refractivity contribution in [2.45, 2.75) is 45.7 Å². The summed E-state index contributed by atoms with van der Waals surface area (Å²) in [5.74, 6) is -0.193. The van der Waals surface area contributed by atoms with Crippen LogP contribution in [0.5, 0.6) is 0 Å². The summed E-state index contributed by atoms with van der Waals surface area (Å²) in [7, 11) is 1.64. The van der Waals surface area contributed by atoms with Gasteiger partial charge < -0.3 is 15.4 Å². The third kappa shape index (κ3) is 4.58. The summed E-state index contributed by atoms with van der Waals surface area (Å²) in [5.41, 5.74) is 2.29. The molecule has 1 aromatic heterocycles. The van der Waals surface area contributed by atoms with Crippen molar-refractivity contribution in [1.82, 2.24) is 25.7 Å². The number of aromatic nitrogens is 2. The molecule has 0 aromatic carbocycles. The smallest absolute Gasteiger partial charge is 0.272 e. The third-order valence-electron chi connectivity index (χ3n) is 4.65. The van der Waals surface area contributed by atoms with Crippen molar-refractivity contribution in [3.05, 3.63) is 17.0 Å². The molecule has 2 amide bonds. The molecule has 3 N–H and O–H groups in total. The average Bonchev–Trinajstić information content (AvgIpc) is 3.16. The number of ether oxygens (including phenoxy) is 1. The van der Waals surface area contributed by atoms with Crippen molar-refractivity contribution in [1.29, 1.82) is 0 Å². The van der Waals surface area contributed by atoms with Gasteiger partial charge in [0.25, 0.3) is 5.91 Å². The average molecular weight is 351 g/mol. The second-order valence-corrected chi connectivity index (χ2v) is 6.33. The predicted molar refractivity (Wildman–Crippen MR) is 94.5 cm³/mol. The van der Waals surface area contributed by atoms with Gasteiger partial charge in [-0.05, 0) is 26.7 Å². The van der Waals surface area contributed by atoms with Crippen LogP contribution in [0, 0.1) is 6.92 Å². The Kier molecular flexibility index (Phi) is 6.95. The number of likely N-dealkylation sites (N-methyl/N-ethyl adjacent to an activating group) is 1. The fourth-order valence-corrected chi connectivity index (χ4v) is 3.28. The third-order valence-corrected chi connectivity index (χ3v) is 4.65. The van der Waals surface area contributed by atoms with Gasteiger partial charge in [0.05, 0.1) is 12.6 Å². The maximum absolute atomic E-state index is 12.5. The number of carbonyl (C=O) groups is 2. The molecule has 0 saturated carbocycles. The lowest BCUT2D eigenvalue weighted by Crippen LogP contribution is -2.44. The van der Waals surface area contributed by atoms with Gasteiger partial charge in [0.2, 0.25) is 5.91 Å². The first-order valence-corrected chi connectivity index (χ1v) is 8.87. The van der Waals surface area contributed by atoms with Crippen LogP contribution in [0.15, 0.2) is 0 Å². The molecule has 1 saturated heterocycles. The fraction of sp³-hybridized carbons (Fsp3) is 0.706. The number of hydrogen-bond donors (Lipinski definition) is 3. The van der Waals surface area contributed by atoms with Crippen molar-refractivity contribution >= 4 is 11.8 Å². The number of carbonyl (C=O) groups excluding carboxylic acids is 2. The second kappa shape index (κ2) is 8.96. The summed E-state index contributed by atoms with van der Waals surface area (Å²) in [6.45, 7) is 8.24. The number of H-pyrrole nitrogens is 1. The summed E-state index contributed by atoms with van der Waals surface area (Å²) in [6, 6.07) is -0.329. The molecular formula is C17H29N5O3. The van der Waals surface area contributed by atoms with Crippen molar-refractivity contribution in [3.8, 4) is 0 Å². The van der Waals surface area contributed by atoms with Crippen molar-refractivity contribution in [2.75, 3.05) is 33.4 Å². The van der Waals surface area contributed by atoms with Crippen molar-refractivity contribution in [3.63, 3.8) is 0 Å². The first kappa shape index (κ1) is 19.4. The monoisotopic (exact) mass is 351 g/mol. The standard InChI is InChI=1S/C17H29N5O3/c1-5-13-11(3)15(21-20-13)17(24)19-12-9-14(16(23)18-6-2)22(10-12)7-8-25-4/h12,14H,5-10H2,1-4H3,(H,18,23)(H,19,24)(H,20,21)/t12-,14-/m0/s1. The zero-order valence-electron chi connectivity index (χ0n) is 15.5. The van der Waals surface area contributed by atoms with E-state index in [1.54, 1.807) is 7.11 Å². The summed E-state index contributed by atoms with van der Waals surface area (Å²) < 4.78 is 5.13. The molecule has 8 heteroatoms. The number of amides is 2. The van der Waals surface area contributed by atoms with Crippen LogP contribution in [-0.4, -0.2) is 72.3 Å². The van der Waals surface area contributed by atoms with Gasteiger partial charge in [0, 0.05) is 44.0 Å². The van der Waals surface area contributed by atoms with Crippen LogP contribution >= 0.6 is 0 Å². The highest BCUT2D eigenvalue weighted by molar-refractivity contribution is 5.94. The lowest BCUT2D eigenvalue weighted by molar-refractivity contribution is -0.125. The number of hydrogen-bond acceptors (Lipinski definition) is 5. The van der Waals surface area contributed by atoms with Crippen LogP contribution in [0.25, 0.3) is 0 Å². The summed E-state index contributed by atoms with van der Waals surface area (Å²) >= 11 is 0. The number of nitrogens with one attached hydrogen (secondary N) is 3. The Morgan fingerprint density at radius 2 is 2.16 bits per heavy atom. The highest BCUT2D eigenvalue weighted by atomic mass is 16.5. The minimum Gasteiger partial charge on any atom is -0.383 e. The van der Waals surface area contributed by atoms with E-state index >= 15 is 0 Å². The van der Waals surface area contributed by atoms with Crippen LogP contribution in [0.1, 0.15) is 42.0 Å². The van der Waals surface area contributed by atoms with Gasteiger partial charge in [-0.1, -0.05) is 6.92 Å². The van der Waals surface area contributed by atoms with E-state index < -0.39 is 0 Å². The molecule has 0 aliphatic carbocycles. The van der Waals surface area contributed by atoms with E-state index in [0.717, 1.165) is 17.7 Å². The van der Waals surface area contributed by atoms with E-state index in [4.69, 9.17) is 4.74 Å². The highest BCUT2D eigenvalue weighted by Gasteiger charge is 2.37. The topological polar surface area (TPSA) is 99.3 Å². The number of aryl methyl sites for hydroxylation is 1. The molecule has 8 nitrogen and oxygen atoms in total. The van der Waals surface area contributed by atoms with E-state index in [1.807, 2.05) is 20.8 Å². The molecule has 2 atom stereocenters. The van der Waals surface area contributed by atoms with Crippen LogP contribution in [0.3, 0.4) is 0 Å². The minimum absolute atomic E-state index is 0.000397. The Morgan fingerprint density at radius 1 is 1.40 bits per heavy atom. The number of methoxy groups -OCH3 is 1. The molecule has 0 spiro atoms. The normalized spacial score (nSPS) is 20.6. The SMILES string of the molecule is CCNC(=O)[C@@H]1C[C@H](NC(=O)c2n[nH]c(CC)c2C)CN1CCOC. The second-order valence-electron chi connectivity index (χ2n) is 6.33. The van der Waals surface area contributed by atoms with E-state index in [0.29, 0.717) is 38.4 Å². The van der Waals surface area contributed by atoms with Gasteiger partial charge in [0.15, 0.2) is 5.69 Å². The maximum atomic E-state index is 12.5.